The first kappa shape index (κ1) is 13.1. The van der Waals surface area contributed by atoms with Gasteiger partial charge in [0, 0.05) is 39.4 Å². The van der Waals surface area contributed by atoms with Gasteiger partial charge in [-0.05, 0) is 18.9 Å². The Labute approximate surface area is 109 Å². The van der Waals surface area contributed by atoms with E-state index >= 15 is 0 Å². The van der Waals surface area contributed by atoms with Crippen LogP contribution in [-0.4, -0.2) is 43.2 Å². The van der Waals surface area contributed by atoms with Crippen LogP contribution in [0.2, 0.25) is 0 Å². The summed E-state index contributed by atoms with van der Waals surface area (Å²) in [7, 11) is 3.92. The summed E-state index contributed by atoms with van der Waals surface area (Å²) in [6, 6.07) is 2.40. The van der Waals surface area contributed by atoms with E-state index in [0.717, 1.165) is 24.7 Å². The van der Waals surface area contributed by atoms with Gasteiger partial charge in [-0.2, -0.15) is 4.98 Å². The maximum atomic E-state index is 5.90. The molecule has 1 saturated heterocycles. The van der Waals surface area contributed by atoms with Crippen LogP contribution in [0.4, 0.5) is 11.8 Å². The minimum absolute atomic E-state index is 0.414. The number of rotatable bonds is 3. The molecule has 1 aromatic heterocycles. The normalized spacial score (nSPS) is 20.6. The lowest BCUT2D eigenvalue weighted by molar-refractivity contribution is 0.575. The van der Waals surface area contributed by atoms with Crippen molar-refractivity contribution in [2.24, 2.45) is 5.73 Å². The summed E-state index contributed by atoms with van der Waals surface area (Å²) in [6.07, 6.45) is 6.77. The molecule has 2 rings (SSSR count). The van der Waals surface area contributed by atoms with E-state index in [1.807, 2.05) is 31.3 Å². The molecule has 1 aliphatic rings. The van der Waals surface area contributed by atoms with Crippen LogP contribution in [0.1, 0.15) is 25.7 Å². The second-order valence-corrected chi connectivity index (χ2v) is 5.04. The van der Waals surface area contributed by atoms with Gasteiger partial charge in [0.15, 0.2) is 0 Å². The van der Waals surface area contributed by atoms with Crippen molar-refractivity contribution < 1.29 is 0 Å². The van der Waals surface area contributed by atoms with Gasteiger partial charge in [0.25, 0.3) is 0 Å². The molecule has 1 fully saturated rings. The van der Waals surface area contributed by atoms with Gasteiger partial charge in [-0.15, -0.1) is 0 Å². The Morgan fingerprint density at radius 3 is 2.94 bits per heavy atom. The standard InChI is InChI=1S/C13H23N5/c1-17(2)13-15-8-7-12(16-13)18-9-5-3-4-6-11(18)10-14/h7-8,11H,3-6,9-10,14H2,1-2H3. The number of nitrogens with zero attached hydrogens (tertiary/aromatic N) is 4. The first-order chi connectivity index (χ1) is 8.72. The molecule has 0 amide bonds. The molecule has 18 heavy (non-hydrogen) atoms. The van der Waals surface area contributed by atoms with Crippen LogP contribution in [-0.2, 0) is 0 Å². The Kier molecular flexibility index (Phi) is 4.36. The van der Waals surface area contributed by atoms with E-state index in [2.05, 4.69) is 14.9 Å². The highest BCUT2D eigenvalue weighted by molar-refractivity contribution is 5.44. The van der Waals surface area contributed by atoms with E-state index in [4.69, 9.17) is 5.73 Å². The van der Waals surface area contributed by atoms with Crippen LogP contribution in [0.25, 0.3) is 0 Å². The SMILES string of the molecule is CN(C)c1nccc(N2CCCCCC2CN)n1. The predicted molar refractivity (Wildman–Crippen MR) is 75.0 cm³/mol. The fraction of sp³-hybridized carbons (Fsp3) is 0.692. The molecule has 100 valence electrons. The molecule has 1 aromatic rings. The first-order valence-corrected chi connectivity index (χ1v) is 6.69. The topological polar surface area (TPSA) is 58.3 Å². The van der Waals surface area contributed by atoms with E-state index in [0.29, 0.717) is 12.6 Å². The fourth-order valence-electron chi connectivity index (χ4n) is 2.44. The Balaban J connectivity index is 2.24. The third-order valence-corrected chi connectivity index (χ3v) is 3.47. The third-order valence-electron chi connectivity index (χ3n) is 3.47. The summed E-state index contributed by atoms with van der Waals surface area (Å²) in [6.45, 7) is 1.74. The molecule has 0 radical (unpaired) electrons. The van der Waals surface area contributed by atoms with Crippen molar-refractivity contribution in [2.45, 2.75) is 31.7 Å². The van der Waals surface area contributed by atoms with Crippen LogP contribution in [0.15, 0.2) is 12.3 Å². The Morgan fingerprint density at radius 1 is 1.39 bits per heavy atom. The molecular formula is C13H23N5. The molecule has 0 aliphatic carbocycles. The van der Waals surface area contributed by atoms with Crippen molar-refractivity contribution in [3.05, 3.63) is 12.3 Å². The second kappa shape index (κ2) is 6.00. The van der Waals surface area contributed by atoms with Crippen molar-refractivity contribution >= 4 is 11.8 Å². The summed E-state index contributed by atoms with van der Waals surface area (Å²) >= 11 is 0. The Bertz CT molecular complexity index is 379. The lowest BCUT2D eigenvalue weighted by Gasteiger charge is -2.30. The summed E-state index contributed by atoms with van der Waals surface area (Å²) in [5, 5.41) is 0. The van der Waals surface area contributed by atoms with Crippen LogP contribution in [0.5, 0.6) is 0 Å². The van der Waals surface area contributed by atoms with Gasteiger partial charge in [0.2, 0.25) is 5.95 Å². The first-order valence-electron chi connectivity index (χ1n) is 6.69. The molecule has 1 aliphatic heterocycles. The highest BCUT2D eigenvalue weighted by Gasteiger charge is 2.21. The van der Waals surface area contributed by atoms with E-state index in [1.54, 1.807) is 0 Å². The molecular weight excluding hydrogens is 226 g/mol. The monoisotopic (exact) mass is 249 g/mol. The maximum Gasteiger partial charge on any atom is 0.226 e. The number of aromatic nitrogens is 2. The summed E-state index contributed by atoms with van der Waals surface area (Å²) in [4.78, 5) is 13.2. The van der Waals surface area contributed by atoms with Crippen molar-refractivity contribution in [3.8, 4) is 0 Å². The van der Waals surface area contributed by atoms with E-state index < -0.39 is 0 Å². The average Bonchev–Trinajstić information content (AvgIpc) is 2.63. The zero-order valence-corrected chi connectivity index (χ0v) is 11.3. The molecule has 0 spiro atoms. The van der Waals surface area contributed by atoms with Gasteiger partial charge in [0.1, 0.15) is 5.82 Å². The largest absolute Gasteiger partial charge is 0.352 e. The van der Waals surface area contributed by atoms with E-state index in [-0.39, 0.29) is 0 Å². The molecule has 0 saturated carbocycles. The van der Waals surface area contributed by atoms with Gasteiger partial charge in [-0.25, -0.2) is 4.98 Å². The lowest BCUT2D eigenvalue weighted by Crippen LogP contribution is -2.40. The highest BCUT2D eigenvalue weighted by Crippen LogP contribution is 2.22. The van der Waals surface area contributed by atoms with Gasteiger partial charge in [-0.3, -0.25) is 0 Å². The van der Waals surface area contributed by atoms with Gasteiger partial charge < -0.3 is 15.5 Å². The highest BCUT2D eigenvalue weighted by atomic mass is 15.3. The number of hydrogen-bond donors (Lipinski definition) is 1. The number of hydrogen-bond acceptors (Lipinski definition) is 5. The minimum atomic E-state index is 0.414. The van der Waals surface area contributed by atoms with Crippen LogP contribution >= 0.6 is 0 Å². The summed E-state index contributed by atoms with van der Waals surface area (Å²) < 4.78 is 0. The zero-order valence-electron chi connectivity index (χ0n) is 11.3. The van der Waals surface area contributed by atoms with Crippen molar-refractivity contribution in [1.29, 1.82) is 0 Å². The molecule has 5 heteroatoms. The van der Waals surface area contributed by atoms with Crippen molar-refractivity contribution in [3.63, 3.8) is 0 Å². The summed E-state index contributed by atoms with van der Waals surface area (Å²) in [5.41, 5.74) is 5.90. The lowest BCUT2D eigenvalue weighted by atomic mass is 10.1. The fourth-order valence-corrected chi connectivity index (χ4v) is 2.44. The minimum Gasteiger partial charge on any atom is -0.352 e. The van der Waals surface area contributed by atoms with Crippen LogP contribution in [0, 0.1) is 0 Å². The molecule has 5 nitrogen and oxygen atoms in total. The van der Waals surface area contributed by atoms with Crippen molar-refractivity contribution in [2.75, 3.05) is 37.0 Å². The predicted octanol–water partition coefficient (Wildman–Crippen LogP) is 1.25. The molecule has 2 heterocycles. The number of nitrogens with two attached hydrogens (primary N) is 1. The van der Waals surface area contributed by atoms with E-state index in [1.165, 1.54) is 19.3 Å². The Hall–Kier alpha value is -1.36. The van der Waals surface area contributed by atoms with Crippen LogP contribution in [0.3, 0.4) is 0 Å². The molecule has 0 bridgehead atoms. The third kappa shape index (κ3) is 2.90. The molecule has 1 unspecified atom stereocenters. The van der Waals surface area contributed by atoms with Gasteiger partial charge >= 0.3 is 0 Å². The summed E-state index contributed by atoms with van der Waals surface area (Å²) in [5.74, 6) is 1.76. The average molecular weight is 249 g/mol. The smallest absolute Gasteiger partial charge is 0.226 e. The van der Waals surface area contributed by atoms with Crippen LogP contribution < -0.4 is 15.5 Å². The molecule has 0 aromatic carbocycles. The Morgan fingerprint density at radius 2 is 2.22 bits per heavy atom. The molecule has 2 N–H and O–H groups in total. The second-order valence-electron chi connectivity index (χ2n) is 5.04. The van der Waals surface area contributed by atoms with Gasteiger partial charge in [-0.1, -0.05) is 12.8 Å². The van der Waals surface area contributed by atoms with Crippen molar-refractivity contribution in [1.82, 2.24) is 9.97 Å². The van der Waals surface area contributed by atoms with Gasteiger partial charge in [0.05, 0.1) is 0 Å². The zero-order chi connectivity index (χ0) is 13.0. The number of anilines is 2. The quantitative estimate of drug-likeness (QED) is 0.873. The molecule has 1 atom stereocenters. The maximum absolute atomic E-state index is 5.90. The van der Waals surface area contributed by atoms with E-state index in [9.17, 15) is 0 Å².